The van der Waals surface area contributed by atoms with Gasteiger partial charge in [0, 0.05) is 24.9 Å². The van der Waals surface area contributed by atoms with Crippen LogP contribution in [0, 0.1) is 5.92 Å². The molecule has 0 radical (unpaired) electrons. The van der Waals surface area contributed by atoms with Crippen LogP contribution < -0.4 is 4.90 Å². The Morgan fingerprint density at radius 2 is 1.79 bits per heavy atom. The van der Waals surface area contributed by atoms with Gasteiger partial charge in [0.25, 0.3) is 0 Å². The molecule has 0 N–H and O–H groups in total. The average Bonchev–Trinajstić information content (AvgIpc) is 2.54. The molecule has 24 heavy (non-hydrogen) atoms. The van der Waals surface area contributed by atoms with Crippen molar-refractivity contribution in [2.45, 2.75) is 20.8 Å². The summed E-state index contributed by atoms with van der Waals surface area (Å²) in [4.78, 5) is 37.9. The number of carbonyl (C=O) groups is 3. The lowest BCUT2D eigenvalue weighted by molar-refractivity contribution is -0.151. The fraction of sp³-hybridized carbons (Fsp3) is 0.316. The van der Waals surface area contributed by atoms with Crippen LogP contribution in [0.25, 0.3) is 6.08 Å². The number of hydrogen-bond acceptors (Lipinski definition) is 5. The number of ketones is 2. The molecule has 126 valence electrons. The maximum absolute atomic E-state index is 12.1. The number of carbonyl (C=O) groups excluding carboxylic acids is 3. The Kier molecular flexibility index (Phi) is 5.68. The molecular formula is C19H21NO4. The normalized spacial score (nSPS) is 17.6. The highest BCUT2D eigenvalue weighted by Gasteiger charge is 2.36. The molecule has 1 aromatic rings. The number of anilines is 1. The highest BCUT2D eigenvalue weighted by Crippen LogP contribution is 2.18. The molecule has 0 saturated heterocycles. The van der Waals surface area contributed by atoms with E-state index in [2.05, 4.69) is 18.7 Å². The maximum atomic E-state index is 12.1. The zero-order valence-electron chi connectivity index (χ0n) is 14.1. The number of esters is 1. The second kappa shape index (κ2) is 7.73. The van der Waals surface area contributed by atoms with Crippen molar-refractivity contribution in [1.29, 1.82) is 0 Å². The van der Waals surface area contributed by atoms with Crippen LogP contribution in [0.15, 0.2) is 42.2 Å². The summed E-state index contributed by atoms with van der Waals surface area (Å²) in [6.45, 7) is 7.52. The van der Waals surface area contributed by atoms with E-state index < -0.39 is 23.5 Å². The van der Waals surface area contributed by atoms with E-state index in [1.807, 2.05) is 24.3 Å². The Hall–Kier alpha value is -2.69. The SMILES string of the molecule is CCN(CC)c1ccc(C=CC(=O)C2C(=O)C=C(C)OC2=O)cc1. The fourth-order valence-corrected chi connectivity index (χ4v) is 2.56. The zero-order valence-corrected chi connectivity index (χ0v) is 14.1. The largest absolute Gasteiger partial charge is 0.430 e. The summed E-state index contributed by atoms with van der Waals surface area (Å²) >= 11 is 0. The molecular weight excluding hydrogens is 306 g/mol. The van der Waals surface area contributed by atoms with Gasteiger partial charge in [-0.25, -0.2) is 0 Å². The molecule has 1 unspecified atom stereocenters. The zero-order chi connectivity index (χ0) is 17.7. The van der Waals surface area contributed by atoms with Crippen LogP contribution in [-0.4, -0.2) is 30.6 Å². The number of allylic oxidation sites excluding steroid dienone is 3. The number of hydrogen-bond donors (Lipinski definition) is 0. The van der Waals surface area contributed by atoms with Crippen LogP contribution in [0.4, 0.5) is 5.69 Å². The van der Waals surface area contributed by atoms with Gasteiger partial charge in [-0.1, -0.05) is 18.2 Å². The third kappa shape index (κ3) is 3.98. The Morgan fingerprint density at radius 1 is 1.17 bits per heavy atom. The summed E-state index contributed by atoms with van der Waals surface area (Å²) < 4.78 is 4.85. The van der Waals surface area contributed by atoms with Crippen LogP contribution in [0.1, 0.15) is 26.3 Å². The minimum Gasteiger partial charge on any atom is -0.430 e. The minimum absolute atomic E-state index is 0.213. The molecule has 0 bridgehead atoms. The van der Waals surface area contributed by atoms with E-state index in [0.717, 1.165) is 24.3 Å². The second-order valence-corrected chi connectivity index (χ2v) is 5.51. The first-order valence-corrected chi connectivity index (χ1v) is 7.97. The summed E-state index contributed by atoms with van der Waals surface area (Å²) in [6, 6.07) is 7.73. The molecule has 0 saturated carbocycles. The van der Waals surface area contributed by atoms with E-state index in [4.69, 9.17) is 4.74 Å². The molecule has 1 atom stereocenters. The number of nitrogens with zero attached hydrogens (tertiary/aromatic N) is 1. The van der Waals surface area contributed by atoms with Crippen molar-refractivity contribution in [1.82, 2.24) is 0 Å². The first-order chi connectivity index (χ1) is 11.5. The molecule has 1 heterocycles. The Labute approximate surface area is 141 Å². The van der Waals surface area contributed by atoms with Gasteiger partial charge in [0.1, 0.15) is 5.76 Å². The first kappa shape index (κ1) is 17.7. The highest BCUT2D eigenvalue weighted by molar-refractivity contribution is 6.25. The Balaban J connectivity index is 2.09. The van der Waals surface area contributed by atoms with Crippen LogP contribution in [0.2, 0.25) is 0 Å². The lowest BCUT2D eigenvalue weighted by atomic mass is 9.96. The number of cyclic esters (lactones) is 1. The maximum Gasteiger partial charge on any atom is 0.329 e. The van der Waals surface area contributed by atoms with Gasteiger partial charge in [0.15, 0.2) is 17.5 Å². The average molecular weight is 327 g/mol. The van der Waals surface area contributed by atoms with E-state index in [1.165, 1.54) is 19.1 Å². The standard InChI is InChI=1S/C19H21NO4/c1-4-20(5-2)15-9-6-14(7-10-15)8-11-16(21)18-17(22)12-13(3)24-19(18)23/h6-12,18H,4-5H2,1-3H3. The molecule has 0 spiro atoms. The number of rotatable bonds is 6. The fourth-order valence-electron chi connectivity index (χ4n) is 2.56. The monoisotopic (exact) mass is 327 g/mol. The van der Waals surface area contributed by atoms with Crippen molar-refractivity contribution >= 4 is 29.3 Å². The highest BCUT2D eigenvalue weighted by atomic mass is 16.5. The van der Waals surface area contributed by atoms with E-state index in [9.17, 15) is 14.4 Å². The van der Waals surface area contributed by atoms with Crippen molar-refractivity contribution < 1.29 is 19.1 Å². The van der Waals surface area contributed by atoms with Crippen molar-refractivity contribution in [2.75, 3.05) is 18.0 Å². The van der Waals surface area contributed by atoms with Crippen molar-refractivity contribution in [3.8, 4) is 0 Å². The molecule has 1 aromatic carbocycles. The van der Waals surface area contributed by atoms with Gasteiger partial charge in [0.2, 0.25) is 0 Å². The van der Waals surface area contributed by atoms with Gasteiger partial charge < -0.3 is 9.64 Å². The van der Waals surface area contributed by atoms with Crippen molar-refractivity contribution in [2.24, 2.45) is 5.92 Å². The van der Waals surface area contributed by atoms with Gasteiger partial charge in [-0.15, -0.1) is 0 Å². The predicted octanol–water partition coefficient (Wildman–Crippen LogP) is 2.76. The van der Waals surface area contributed by atoms with Gasteiger partial charge in [-0.2, -0.15) is 0 Å². The summed E-state index contributed by atoms with van der Waals surface area (Å²) in [5.74, 6) is -3.09. The van der Waals surface area contributed by atoms with Crippen LogP contribution >= 0.6 is 0 Å². The van der Waals surface area contributed by atoms with Gasteiger partial charge in [0.05, 0.1) is 0 Å². The van der Waals surface area contributed by atoms with E-state index in [0.29, 0.717) is 0 Å². The smallest absolute Gasteiger partial charge is 0.329 e. The van der Waals surface area contributed by atoms with Gasteiger partial charge in [-0.05, 0) is 44.5 Å². The quantitative estimate of drug-likeness (QED) is 0.457. The molecule has 0 fully saturated rings. The number of benzene rings is 1. The summed E-state index contributed by atoms with van der Waals surface area (Å²) in [5.41, 5.74) is 1.93. The van der Waals surface area contributed by atoms with Crippen molar-refractivity contribution in [3.05, 3.63) is 47.7 Å². The summed E-state index contributed by atoms with van der Waals surface area (Å²) in [5, 5.41) is 0. The summed E-state index contributed by atoms with van der Waals surface area (Å²) in [6.07, 6.45) is 4.03. The van der Waals surface area contributed by atoms with Gasteiger partial charge >= 0.3 is 5.97 Å². The van der Waals surface area contributed by atoms with Crippen LogP contribution in [0.3, 0.4) is 0 Å². The Bertz CT molecular complexity index is 697. The lowest BCUT2D eigenvalue weighted by Crippen LogP contribution is -2.34. The summed E-state index contributed by atoms with van der Waals surface area (Å²) in [7, 11) is 0. The molecule has 1 aliphatic rings. The molecule has 0 amide bonds. The second-order valence-electron chi connectivity index (χ2n) is 5.51. The molecule has 5 heteroatoms. The van der Waals surface area contributed by atoms with Crippen LogP contribution in [0.5, 0.6) is 0 Å². The van der Waals surface area contributed by atoms with Crippen molar-refractivity contribution in [3.63, 3.8) is 0 Å². The minimum atomic E-state index is -1.39. The topological polar surface area (TPSA) is 63.7 Å². The van der Waals surface area contributed by atoms with E-state index in [-0.39, 0.29) is 5.76 Å². The Morgan fingerprint density at radius 3 is 2.33 bits per heavy atom. The predicted molar refractivity (Wildman–Crippen MR) is 92.4 cm³/mol. The van der Waals surface area contributed by atoms with E-state index in [1.54, 1.807) is 6.08 Å². The first-order valence-electron chi connectivity index (χ1n) is 7.97. The molecule has 5 nitrogen and oxygen atoms in total. The van der Waals surface area contributed by atoms with E-state index >= 15 is 0 Å². The third-order valence-corrected chi connectivity index (χ3v) is 3.87. The lowest BCUT2D eigenvalue weighted by Gasteiger charge is -2.20. The molecule has 0 aromatic heterocycles. The van der Waals surface area contributed by atoms with Crippen LogP contribution in [-0.2, 0) is 19.1 Å². The number of ether oxygens (including phenoxy) is 1. The third-order valence-electron chi connectivity index (χ3n) is 3.87. The molecule has 1 aliphatic heterocycles. The molecule has 0 aliphatic carbocycles. The van der Waals surface area contributed by atoms with Gasteiger partial charge in [-0.3, -0.25) is 14.4 Å². The molecule has 2 rings (SSSR count).